The molecule has 0 aliphatic carbocycles. The van der Waals surface area contributed by atoms with Crippen molar-refractivity contribution in [2.24, 2.45) is 0 Å². The zero-order valence-electron chi connectivity index (χ0n) is 16.6. The van der Waals surface area contributed by atoms with E-state index in [2.05, 4.69) is 34.6 Å². The summed E-state index contributed by atoms with van der Waals surface area (Å²) < 4.78 is 5.74. The predicted octanol–water partition coefficient (Wildman–Crippen LogP) is 4.74. The minimum Gasteiger partial charge on any atom is -0.416 e. The molecule has 0 saturated heterocycles. The molecule has 0 fully saturated rings. The van der Waals surface area contributed by atoms with E-state index in [1.54, 1.807) is 24.3 Å². The largest absolute Gasteiger partial charge is 0.416 e. The predicted molar refractivity (Wildman–Crippen MR) is 113 cm³/mol. The highest BCUT2D eigenvalue weighted by Gasteiger charge is 2.20. The van der Waals surface area contributed by atoms with Gasteiger partial charge in [0.05, 0.1) is 5.25 Å². The molecule has 2 unspecified atom stereocenters. The molecule has 2 atom stereocenters. The van der Waals surface area contributed by atoms with E-state index in [0.29, 0.717) is 28.8 Å². The van der Waals surface area contributed by atoms with Gasteiger partial charge >= 0.3 is 0 Å². The molecule has 1 amide bonds. The van der Waals surface area contributed by atoms with Crippen molar-refractivity contribution in [3.05, 3.63) is 71.6 Å². The Morgan fingerprint density at radius 3 is 2.38 bits per heavy atom. The van der Waals surface area contributed by atoms with Crippen LogP contribution in [-0.4, -0.2) is 27.1 Å². The van der Waals surface area contributed by atoms with Crippen molar-refractivity contribution < 1.29 is 14.0 Å². The van der Waals surface area contributed by atoms with Crippen molar-refractivity contribution in [2.45, 2.75) is 43.6 Å². The van der Waals surface area contributed by atoms with Crippen LogP contribution in [0.1, 0.15) is 48.5 Å². The number of hydrogen-bond donors (Lipinski definition) is 1. The number of amides is 1. The highest BCUT2D eigenvalue weighted by molar-refractivity contribution is 8.00. The Morgan fingerprint density at radius 1 is 1.03 bits per heavy atom. The Morgan fingerprint density at radius 2 is 1.72 bits per heavy atom. The van der Waals surface area contributed by atoms with Crippen LogP contribution in [0.2, 0.25) is 0 Å². The van der Waals surface area contributed by atoms with Gasteiger partial charge in [0.15, 0.2) is 5.78 Å². The van der Waals surface area contributed by atoms with Gasteiger partial charge in [0.1, 0.15) is 0 Å². The van der Waals surface area contributed by atoms with Crippen molar-refractivity contribution in [3.63, 3.8) is 0 Å². The quantitative estimate of drug-likeness (QED) is 0.427. The first-order valence-electron chi connectivity index (χ1n) is 9.38. The fourth-order valence-corrected chi connectivity index (χ4v) is 3.67. The Balaban J connectivity index is 1.58. The SMILES string of the molecule is CC(=O)Nc1ccc(C(=O)C(C)Sc2nnc(CC(C)c3ccccc3)o2)cc1. The summed E-state index contributed by atoms with van der Waals surface area (Å²) in [5, 5.41) is 10.9. The van der Waals surface area contributed by atoms with E-state index >= 15 is 0 Å². The first kappa shape index (κ1) is 20.8. The molecule has 0 radical (unpaired) electrons. The molecule has 0 spiro atoms. The van der Waals surface area contributed by atoms with Gasteiger partial charge in [0.2, 0.25) is 11.8 Å². The minimum atomic E-state index is -0.374. The maximum atomic E-state index is 12.7. The molecule has 2 aromatic carbocycles. The maximum absolute atomic E-state index is 12.7. The van der Waals surface area contributed by atoms with Crippen LogP contribution in [0.15, 0.2) is 64.2 Å². The highest BCUT2D eigenvalue weighted by atomic mass is 32.2. The van der Waals surface area contributed by atoms with E-state index in [9.17, 15) is 9.59 Å². The fraction of sp³-hybridized carbons (Fsp3) is 0.273. The summed E-state index contributed by atoms with van der Waals surface area (Å²) >= 11 is 1.25. The average Bonchev–Trinajstić information content (AvgIpc) is 3.15. The first-order chi connectivity index (χ1) is 13.9. The molecule has 0 saturated carbocycles. The number of hydrogen-bond acceptors (Lipinski definition) is 6. The molecule has 3 rings (SSSR count). The highest BCUT2D eigenvalue weighted by Crippen LogP contribution is 2.27. The molecule has 0 aliphatic rings. The number of benzene rings is 2. The van der Waals surface area contributed by atoms with Gasteiger partial charge in [-0.1, -0.05) is 49.0 Å². The third-order valence-corrected chi connectivity index (χ3v) is 5.37. The van der Waals surface area contributed by atoms with Gasteiger partial charge in [0.25, 0.3) is 5.22 Å². The molecule has 6 nitrogen and oxygen atoms in total. The lowest BCUT2D eigenvalue weighted by Crippen LogP contribution is -2.13. The molecule has 3 aromatic rings. The molecule has 1 heterocycles. The second kappa shape index (κ2) is 9.52. The Kier molecular flexibility index (Phi) is 6.82. The fourth-order valence-electron chi connectivity index (χ4n) is 2.89. The van der Waals surface area contributed by atoms with Gasteiger partial charge in [-0.15, -0.1) is 10.2 Å². The second-order valence-electron chi connectivity index (χ2n) is 6.86. The van der Waals surface area contributed by atoms with Crippen molar-refractivity contribution >= 4 is 29.1 Å². The monoisotopic (exact) mass is 409 g/mol. The number of Topliss-reactive ketones (excluding diaryl/α,β-unsaturated/α-hetero) is 1. The summed E-state index contributed by atoms with van der Waals surface area (Å²) in [6.07, 6.45) is 0.643. The topological polar surface area (TPSA) is 85.1 Å². The van der Waals surface area contributed by atoms with E-state index in [0.717, 1.165) is 0 Å². The van der Waals surface area contributed by atoms with Crippen molar-refractivity contribution in [2.75, 3.05) is 5.32 Å². The zero-order valence-corrected chi connectivity index (χ0v) is 17.4. The van der Waals surface area contributed by atoms with Gasteiger partial charge in [-0.05, 0) is 42.7 Å². The van der Waals surface area contributed by atoms with Crippen LogP contribution in [0, 0.1) is 0 Å². The number of carbonyl (C=O) groups is 2. The summed E-state index contributed by atoms with van der Waals surface area (Å²) in [7, 11) is 0. The summed E-state index contributed by atoms with van der Waals surface area (Å²) in [6.45, 7) is 5.37. The van der Waals surface area contributed by atoms with Crippen molar-refractivity contribution in [1.29, 1.82) is 0 Å². The van der Waals surface area contributed by atoms with Gasteiger partial charge in [0, 0.05) is 24.6 Å². The van der Waals surface area contributed by atoms with Crippen LogP contribution in [-0.2, 0) is 11.2 Å². The van der Waals surface area contributed by atoms with E-state index in [1.807, 2.05) is 25.1 Å². The van der Waals surface area contributed by atoms with Crippen LogP contribution in [0.25, 0.3) is 0 Å². The van der Waals surface area contributed by atoms with E-state index < -0.39 is 0 Å². The third-order valence-electron chi connectivity index (χ3n) is 4.43. The van der Waals surface area contributed by atoms with Gasteiger partial charge < -0.3 is 9.73 Å². The molecule has 0 bridgehead atoms. The lowest BCUT2D eigenvalue weighted by molar-refractivity contribution is -0.114. The molecular weight excluding hydrogens is 386 g/mol. The summed E-state index contributed by atoms with van der Waals surface area (Å²) in [5.74, 6) is 0.627. The van der Waals surface area contributed by atoms with Gasteiger partial charge in [-0.3, -0.25) is 9.59 Å². The molecule has 0 aliphatic heterocycles. The number of carbonyl (C=O) groups excluding carboxylic acids is 2. The van der Waals surface area contributed by atoms with E-state index in [-0.39, 0.29) is 22.9 Å². The van der Waals surface area contributed by atoms with Crippen LogP contribution < -0.4 is 5.32 Å². The number of nitrogens with one attached hydrogen (secondary N) is 1. The summed E-state index contributed by atoms with van der Waals surface area (Å²) in [6, 6.07) is 17.0. The van der Waals surface area contributed by atoms with Gasteiger partial charge in [-0.2, -0.15) is 0 Å². The smallest absolute Gasteiger partial charge is 0.277 e. The van der Waals surface area contributed by atoms with Crippen molar-refractivity contribution in [3.8, 4) is 0 Å². The Bertz CT molecular complexity index is 970. The van der Waals surface area contributed by atoms with Crippen LogP contribution >= 0.6 is 11.8 Å². The minimum absolute atomic E-state index is 0.0400. The van der Waals surface area contributed by atoms with E-state index in [4.69, 9.17) is 4.42 Å². The third kappa shape index (κ3) is 5.77. The number of ketones is 1. The summed E-state index contributed by atoms with van der Waals surface area (Å²) in [4.78, 5) is 23.7. The molecule has 29 heavy (non-hydrogen) atoms. The molecule has 150 valence electrons. The Hall–Kier alpha value is -2.93. The molecule has 1 N–H and O–H groups in total. The number of anilines is 1. The second-order valence-corrected chi connectivity index (χ2v) is 8.15. The van der Waals surface area contributed by atoms with Gasteiger partial charge in [-0.25, -0.2) is 0 Å². The lowest BCUT2D eigenvalue weighted by atomic mass is 9.98. The lowest BCUT2D eigenvalue weighted by Gasteiger charge is -2.09. The number of thioether (sulfide) groups is 1. The standard InChI is InChI=1S/C22H23N3O3S/c1-14(17-7-5-4-6-8-17)13-20-24-25-22(28-20)29-15(2)21(27)18-9-11-19(12-10-18)23-16(3)26/h4-12,14-15H,13H2,1-3H3,(H,23,26). The molecular formula is C22H23N3O3S. The molecule has 1 aromatic heterocycles. The van der Waals surface area contributed by atoms with Crippen LogP contribution in [0.5, 0.6) is 0 Å². The number of aromatic nitrogens is 2. The van der Waals surface area contributed by atoms with E-state index in [1.165, 1.54) is 24.2 Å². The number of rotatable bonds is 8. The Labute approximate surface area is 174 Å². The average molecular weight is 410 g/mol. The zero-order chi connectivity index (χ0) is 20.8. The first-order valence-corrected chi connectivity index (χ1v) is 10.3. The normalized spacial score (nSPS) is 12.9. The van der Waals surface area contributed by atoms with Crippen LogP contribution in [0.3, 0.4) is 0 Å². The molecule has 7 heteroatoms. The van der Waals surface area contributed by atoms with Crippen LogP contribution in [0.4, 0.5) is 5.69 Å². The number of nitrogens with zero attached hydrogens (tertiary/aromatic N) is 2. The maximum Gasteiger partial charge on any atom is 0.277 e. The summed E-state index contributed by atoms with van der Waals surface area (Å²) in [5.41, 5.74) is 2.44. The van der Waals surface area contributed by atoms with Crippen molar-refractivity contribution in [1.82, 2.24) is 10.2 Å².